The fraction of sp³-hybridized carbons (Fsp3) is 0.389. The zero-order valence-electron chi connectivity index (χ0n) is 14.7. The molecule has 1 unspecified atom stereocenters. The van der Waals surface area contributed by atoms with Crippen LogP contribution in [0.3, 0.4) is 0 Å². The summed E-state index contributed by atoms with van der Waals surface area (Å²) in [6.07, 6.45) is 0.963. The van der Waals surface area contributed by atoms with Crippen LogP contribution in [0.15, 0.2) is 36.8 Å². The first-order chi connectivity index (χ1) is 13.3. The van der Waals surface area contributed by atoms with Crippen LogP contribution in [-0.4, -0.2) is 47.0 Å². The van der Waals surface area contributed by atoms with Crippen molar-refractivity contribution in [2.75, 3.05) is 31.6 Å². The van der Waals surface area contributed by atoms with Gasteiger partial charge < -0.3 is 10.1 Å². The second kappa shape index (κ2) is 8.74. The second-order valence-corrected chi connectivity index (χ2v) is 6.89. The molecular weight excluding hydrogens is 397 g/mol. The number of carbonyl (C=O) groups excluding carboxylic acids is 1. The van der Waals surface area contributed by atoms with Crippen LogP contribution >= 0.6 is 11.6 Å². The van der Waals surface area contributed by atoms with Crippen molar-refractivity contribution in [1.82, 2.24) is 14.9 Å². The third kappa shape index (κ3) is 5.56. The number of hydrogen-bond acceptors (Lipinski definition) is 5. The number of hydrogen-bond donors (Lipinski definition) is 1. The van der Waals surface area contributed by atoms with Crippen molar-refractivity contribution < 1.29 is 22.7 Å². The molecule has 28 heavy (non-hydrogen) atoms. The highest BCUT2D eigenvalue weighted by atomic mass is 35.5. The number of ether oxygens (including phenoxy) is 1. The van der Waals surface area contributed by atoms with E-state index >= 15 is 0 Å². The Kier molecular flexibility index (Phi) is 6.35. The fourth-order valence-electron chi connectivity index (χ4n) is 2.95. The van der Waals surface area contributed by atoms with Gasteiger partial charge in [0.15, 0.2) is 0 Å². The molecule has 150 valence electrons. The minimum absolute atomic E-state index is 0.0526. The minimum Gasteiger partial charge on any atom is -0.476 e. The molecule has 0 radical (unpaired) electrons. The molecule has 1 aromatic heterocycles. The van der Waals surface area contributed by atoms with E-state index in [-0.39, 0.29) is 23.2 Å². The smallest absolute Gasteiger partial charge is 0.416 e. The van der Waals surface area contributed by atoms with Crippen molar-refractivity contribution in [1.29, 1.82) is 0 Å². The molecule has 1 N–H and O–H groups in total. The molecular formula is C18H18ClF3N4O2. The molecule has 0 bridgehead atoms. The largest absolute Gasteiger partial charge is 0.476 e. The molecule has 3 rings (SSSR count). The van der Waals surface area contributed by atoms with Crippen molar-refractivity contribution in [2.45, 2.75) is 12.6 Å². The molecule has 2 heterocycles. The number of benzene rings is 1. The van der Waals surface area contributed by atoms with Crippen LogP contribution < -0.4 is 10.1 Å². The fourth-order valence-corrected chi connectivity index (χ4v) is 3.11. The van der Waals surface area contributed by atoms with Gasteiger partial charge in [-0.25, -0.2) is 4.98 Å². The molecule has 1 saturated heterocycles. The number of aromatic nitrogens is 2. The monoisotopic (exact) mass is 414 g/mol. The lowest BCUT2D eigenvalue weighted by Gasteiger charge is -2.17. The van der Waals surface area contributed by atoms with E-state index in [1.165, 1.54) is 6.20 Å². The number of nitrogens with zero attached hydrogens (tertiary/aromatic N) is 3. The van der Waals surface area contributed by atoms with E-state index in [4.69, 9.17) is 16.3 Å². The molecule has 2 aromatic rings. The van der Waals surface area contributed by atoms with Crippen LogP contribution in [-0.2, 0) is 11.0 Å². The topological polar surface area (TPSA) is 67.4 Å². The average Bonchev–Trinajstić information content (AvgIpc) is 3.09. The zero-order valence-corrected chi connectivity index (χ0v) is 15.5. The van der Waals surface area contributed by atoms with Crippen LogP contribution in [0.2, 0.25) is 5.02 Å². The van der Waals surface area contributed by atoms with Crippen molar-refractivity contribution in [2.24, 2.45) is 5.92 Å². The van der Waals surface area contributed by atoms with Crippen LogP contribution in [0, 0.1) is 5.92 Å². The number of amides is 1. The molecule has 1 amide bonds. The maximum absolute atomic E-state index is 12.8. The van der Waals surface area contributed by atoms with Crippen LogP contribution in [0.1, 0.15) is 12.0 Å². The summed E-state index contributed by atoms with van der Waals surface area (Å²) in [6.45, 7) is 1.85. The van der Waals surface area contributed by atoms with Crippen molar-refractivity contribution in [3.05, 3.63) is 47.4 Å². The van der Waals surface area contributed by atoms with Crippen molar-refractivity contribution >= 4 is 23.2 Å². The zero-order chi connectivity index (χ0) is 20.1. The molecule has 0 aliphatic carbocycles. The third-order valence-corrected chi connectivity index (χ3v) is 4.64. The Morgan fingerprint density at radius 2 is 2.18 bits per heavy atom. The predicted molar refractivity (Wildman–Crippen MR) is 97.2 cm³/mol. The first-order valence-corrected chi connectivity index (χ1v) is 8.97. The van der Waals surface area contributed by atoms with Gasteiger partial charge in [0.2, 0.25) is 11.8 Å². The van der Waals surface area contributed by atoms with Crippen molar-refractivity contribution in [3.8, 4) is 5.88 Å². The SMILES string of the molecule is O=C(CN1CCC(COc2cnccn2)C1)Nc1cc(C(F)(F)F)ccc1Cl. The van der Waals surface area contributed by atoms with Gasteiger partial charge in [0.05, 0.1) is 35.6 Å². The number of anilines is 1. The number of rotatable bonds is 6. The van der Waals surface area contributed by atoms with Crippen LogP contribution in [0.5, 0.6) is 5.88 Å². The molecule has 0 spiro atoms. The van der Waals surface area contributed by atoms with Gasteiger partial charge in [-0.1, -0.05) is 11.6 Å². The highest BCUT2D eigenvalue weighted by Crippen LogP contribution is 2.33. The predicted octanol–water partition coefficient (Wildman–Crippen LogP) is 3.49. The van der Waals surface area contributed by atoms with Gasteiger partial charge in [0.25, 0.3) is 0 Å². The summed E-state index contributed by atoms with van der Waals surface area (Å²) >= 11 is 5.91. The molecule has 1 aliphatic heterocycles. The highest BCUT2D eigenvalue weighted by Gasteiger charge is 2.31. The molecule has 10 heteroatoms. The lowest BCUT2D eigenvalue weighted by Crippen LogP contribution is -2.32. The molecule has 1 fully saturated rings. The van der Waals surface area contributed by atoms with Crippen molar-refractivity contribution in [3.63, 3.8) is 0 Å². The third-order valence-electron chi connectivity index (χ3n) is 4.31. The summed E-state index contributed by atoms with van der Waals surface area (Å²) in [7, 11) is 0. The summed E-state index contributed by atoms with van der Waals surface area (Å²) in [5.74, 6) is 0.251. The number of halogens is 4. The minimum atomic E-state index is -4.50. The highest BCUT2D eigenvalue weighted by molar-refractivity contribution is 6.33. The standard InChI is InChI=1S/C18H18ClF3N4O2/c19-14-2-1-13(18(20,21)22)7-15(14)25-16(27)10-26-6-3-12(9-26)11-28-17-8-23-4-5-24-17/h1-2,4-5,7-8,12H,3,6,9-11H2,(H,25,27). The Hall–Kier alpha value is -2.39. The maximum Gasteiger partial charge on any atom is 0.416 e. The normalized spacial score (nSPS) is 17.5. The van der Waals surface area contributed by atoms with Gasteiger partial charge in [-0.3, -0.25) is 14.7 Å². The molecule has 0 saturated carbocycles. The van der Waals surface area contributed by atoms with E-state index in [0.29, 0.717) is 25.6 Å². The Balaban J connectivity index is 1.49. The van der Waals surface area contributed by atoms with E-state index in [1.807, 2.05) is 4.90 Å². The summed E-state index contributed by atoms with van der Waals surface area (Å²) in [5.41, 5.74) is -0.919. The molecule has 1 aromatic carbocycles. The van der Waals surface area contributed by atoms with Gasteiger partial charge in [0.1, 0.15) is 0 Å². The van der Waals surface area contributed by atoms with Gasteiger partial charge in [-0.05, 0) is 31.2 Å². The van der Waals surface area contributed by atoms with Gasteiger partial charge in [-0.15, -0.1) is 0 Å². The lowest BCUT2D eigenvalue weighted by atomic mass is 10.1. The summed E-state index contributed by atoms with van der Waals surface area (Å²) < 4.78 is 44.0. The van der Waals surface area contributed by atoms with Crippen LogP contribution in [0.25, 0.3) is 0 Å². The lowest BCUT2D eigenvalue weighted by molar-refractivity contribution is -0.137. The Bertz CT molecular complexity index is 820. The van der Waals surface area contributed by atoms with E-state index in [0.717, 1.165) is 24.6 Å². The van der Waals surface area contributed by atoms with E-state index in [1.54, 1.807) is 12.4 Å². The number of nitrogens with one attached hydrogen (secondary N) is 1. The summed E-state index contributed by atoms with van der Waals surface area (Å²) in [4.78, 5) is 22.1. The first kappa shape index (κ1) is 20.3. The number of likely N-dealkylation sites (tertiary alicyclic amines) is 1. The van der Waals surface area contributed by atoms with E-state index in [2.05, 4.69) is 15.3 Å². The number of alkyl halides is 3. The summed E-state index contributed by atoms with van der Waals surface area (Å²) in [5, 5.41) is 2.51. The summed E-state index contributed by atoms with van der Waals surface area (Å²) in [6, 6.07) is 2.83. The van der Waals surface area contributed by atoms with Gasteiger partial charge in [0, 0.05) is 24.9 Å². The van der Waals surface area contributed by atoms with E-state index in [9.17, 15) is 18.0 Å². The van der Waals surface area contributed by atoms with Gasteiger partial charge in [-0.2, -0.15) is 13.2 Å². The van der Waals surface area contributed by atoms with Gasteiger partial charge >= 0.3 is 6.18 Å². The maximum atomic E-state index is 12.8. The van der Waals surface area contributed by atoms with Crippen LogP contribution in [0.4, 0.5) is 18.9 Å². The Morgan fingerprint density at radius 3 is 2.89 bits per heavy atom. The van der Waals surface area contributed by atoms with E-state index < -0.39 is 17.6 Å². The Morgan fingerprint density at radius 1 is 1.36 bits per heavy atom. The molecule has 1 aliphatic rings. The quantitative estimate of drug-likeness (QED) is 0.783. The second-order valence-electron chi connectivity index (χ2n) is 6.49. The first-order valence-electron chi connectivity index (χ1n) is 8.59. The number of carbonyl (C=O) groups is 1. The average molecular weight is 415 g/mol. The molecule has 1 atom stereocenters. The molecule has 6 nitrogen and oxygen atoms in total. The Labute approximate surface area is 164 Å².